The van der Waals surface area contributed by atoms with E-state index >= 15 is 0 Å². The Morgan fingerprint density at radius 1 is 1.29 bits per heavy atom. The maximum absolute atomic E-state index is 13.2. The highest BCUT2D eigenvalue weighted by Gasteiger charge is 2.44. The molecule has 2 aliphatic heterocycles. The lowest BCUT2D eigenvalue weighted by atomic mass is 9.82. The number of hydrogen-bond donors (Lipinski definition) is 1. The number of carbonyl (C=O) groups is 2. The Hall–Kier alpha value is -4.10. The fraction of sp³-hybridized carbons (Fsp3) is 0.0952. The molecular formula is C21H14N4O5S. The minimum Gasteiger partial charge on any atom is -0.466 e. The number of non-ortho nitro benzene ring substituents is 1. The highest BCUT2D eigenvalue weighted by molar-refractivity contribution is 8.03. The normalized spacial score (nSPS) is 17.6. The zero-order valence-electron chi connectivity index (χ0n) is 16.1. The largest absolute Gasteiger partial charge is 0.466 e. The van der Waals surface area contributed by atoms with Crippen molar-refractivity contribution in [1.82, 2.24) is 4.90 Å². The fourth-order valence-electron chi connectivity index (χ4n) is 3.62. The summed E-state index contributed by atoms with van der Waals surface area (Å²) in [6.07, 6.45) is 0. The van der Waals surface area contributed by atoms with Crippen LogP contribution in [-0.2, 0) is 9.53 Å². The molecule has 2 aromatic rings. The predicted octanol–water partition coefficient (Wildman–Crippen LogP) is 3.02. The van der Waals surface area contributed by atoms with Crippen molar-refractivity contribution in [3.8, 4) is 6.07 Å². The number of nitriles is 1. The number of hydrogen-bond acceptors (Lipinski definition) is 8. The molecule has 1 unspecified atom stereocenters. The molecule has 1 amide bonds. The summed E-state index contributed by atoms with van der Waals surface area (Å²) in [5, 5.41) is 21.6. The molecule has 10 heteroatoms. The van der Waals surface area contributed by atoms with Crippen molar-refractivity contribution in [3.05, 3.63) is 91.8 Å². The van der Waals surface area contributed by atoms with E-state index in [0.717, 1.165) is 12.0 Å². The third-order valence-corrected chi connectivity index (χ3v) is 6.17. The van der Waals surface area contributed by atoms with Crippen LogP contribution >= 0.6 is 11.8 Å². The number of nitro benzene ring substituents is 1. The fourth-order valence-corrected chi connectivity index (χ4v) is 4.79. The highest BCUT2D eigenvalue weighted by Crippen LogP contribution is 2.49. The number of benzene rings is 2. The summed E-state index contributed by atoms with van der Waals surface area (Å²) in [6, 6.07) is 14.5. The Morgan fingerprint density at radius 2 is 2.03 bits per heavy atom. The van der Waals surface area contributed by atoms with Crippen LogP contribution in [0.1, 0.15) is 21.8 Å². The van der Waals surface area contributed by atoms with Gasteiger partial charge in [-0.05, 0) is 17.7 Å². The van der Waals surface area contributed by atoms with Crippen LogP contribution in [0, 0.1) is 21.4 Å². The van der Waals surface area contributed by atoms with Crippen molar-refractivity contribution < 1.29 is 19.2 Å². The van der Waals surface area contributed by atoms with Gasteiger partial charge in [-0.15, -0.1) is 0 Å². The van der Waals surface area contributed by atoms with E-state index in [1.54, 1.807) is 30.3 Å². The number of allylic oxidation sites excluding steroid dienone is 1. The molecule has 0 radical (unpaired) electrons. The SMILES string of the molecule is COC(=O)C1=C(N)N2C(=O)c3ccccc3SC2=C(C#N)C1c1cccc([N+](=O)[O-])c1. The van der Waals surface area contributed by atoms with Gasteiger partial charge in [0.05, 0.1) is 40.7 Å². The van der Waals surface area contributed by atoms with E-state index in [-0.39, 0.29) is 27.7 Å². The number of ether oxygens (including phenoxy) is 1. The Balaban J connectivity index is 2.01. The summed E-state index contributed by atoms with van der Waals surface area (Å²) < 4.78 is 4.88. The van der Waals surface area contributed by atoms with Crippen molar-refractivity contribution in [2.75, 3.05) is 7.11 Å². The van der Waals surface area contributed by atoms with Crippen LogP contribution in [0.15, 0.2) is 75.4 Å². The van der Waals surface area contributed by atoms with Crippen molar-refractivity contribution in [1.29, 1.82) is 5.26 Å². The van der Waals surface area contributed by atoms with Gasteiger partial charge in [0, 0.05) is 17.0 Å². The molecule has 0 saturated heterocycles. The van der Waals surface area contributed by atoms with Crippen LogP contribution in [-0.4, -0.2) is 28.8 Å². The van der Waals surface area contributed by atoms with Gasteiger partial charge >= 0.3 is 5.97 Å². The molecule has 0 aromatic heterocycles. The molecule has 2 aromatic carbocycles. The molecule has 0 bridgehead atoms. The van der Waals surface area contributed by atoms with Gasteiger partial charge in [-0.3, -0.25) is 19.8 Å². The third-order valence-electron chi connectivity index (χ3n) is 5.00. The molecule has 2 N–H and O–H groups in total. The van der Waals surface area contributed by atoms with E-state index in [4.69, 9.17) is 10.5 Å². The minimum atomic E-state index is -1.03. The predicted molar refractivity (Wildman–Crippen MR) is 110 cm³/mol. The summed E-state index contributed by atoms with van der Waals surface area (Å²) in [7, 11) is 1.15. The maximum atomic E-state index is 13.2. The molecule has 31 heavy (non-hydrogen) atoms. The van der Waals surface area contributed by atoms with E-state index in [0.29, 0.717) is 16.0 Å². The van der Waals surface area contributed by atoms with Crippen LogP contribution in [0.5, 0.6) is 0 Å². The number of rotatable bonds is 3. The third kappa shape index (κ3) is 3.12. The molecule has 4 rings (SSSR count). The second kappa shape index (κ2) is 7.62. The van der Waals surface area contributed by atoms with Gasteiger partial charge < -0.3 is 10.5 Å². The van der Waals surface area contributed by atoms with Crippen molar-refractivity contribution in [2.45, 2.75) is 10.8 Å². The van der Waals surface area contributed by atoms with Crippen LogP contribution in [0.3, 0.4) is 0 Å². The molecule has 0 fully saturated rings. The van der Waals surface area contributed by atoms with Crippen LogP contribution in [0.4, 0.5) is 5.69 Å². The van der Waals surface area contributed by atoms with Crippen LogP contribution < -0.4 is 5.73 Å². The second-order valence-electron chi connectivity index (χ2n) is 6.65. The van der Waals surface area contributed by atoms with Gasteiger partial charge in [0.15, 0.2) is 0 Å². The zero-order valence-corrected chi connectivity index (χ0v) is 16.9. The van der Waals surface area contributed by atoms with E-state index < -0.39 is 22.7 Å². The quantitative estimate of drug-likeness (QED) is 0.442. The lowest BCUT2D eigenvalue weighted by molar-refractivity contribution is -0.384. The van der Waals surface area contributed by atoms with E-state index in [2.05, 4.69) is 6.07 Å². The number of fused-ring (bicyclic) bond motifs is 2. The number of carbonyl (C=O) groups excluding carboxylic acids is 2. The van der Waals surface area contributed by atoms with E-state index in [1.165, 1.54) is 30.0 Å². The average molecular weight is 434 g/mol. The number of nitrogens with two attached hydrogens (primary N) is 1. The maximum Gasteiger partial charge on any atom is 0.338 e. The minimum absolute atomic E-state index is 0.0722. The standard InChI is InChI=1S/C21H14N4O5S/c1-30-21(27)17-16(11-5-4-6-12(9-11)25(28)29)14(10-22)20-24(18(17)23)19(26)13-7-2-3-8-15(13)31-20/h2-9,16H,23H2,1H3. The molecule has 0 saturated carbocycles. The van der Waals surface area contributed by atoms with Gasteiger partial charge in [0.1, 0.15) is 10.9 Å². The van der Waals surface area contributed by atoms with E-state index in [1.807, 2.05) is 0 Å². The molecule has 2 aliphatic rings. The van der Waals surface area contributed by atoms with Crippen molar-refractivity contribution >= 4 is 29.3 Å². The number of esters is 1. The molecule has 154 valence electrons. The second-order valence-corrected chi connectivity index (χ2v) is 7.68. The van der Waals surface area contributed by atoms with Crippen LogP contribution in [0.2, 0.25) is 0 Å². The average Bonchev–Trinajstić information content (AvgIpc) is 2.78. The van der Waals surface area contributed by atoms with Gasteiger partial charge in [-0.1, -0.05) is 36.0 Å². The van der Waals surface area contributed by atoms with Crippen molar-refractivity contribution in [2.24, 2.45) is 5.73 Å². The lowest BCUT2D eigenvalue weighted by Gasteiger charge is -2.38. The first-order valence-corrected chi connectivity index (χ1v) is 9.78. The summed E-state index contributed by atoms with van der Waals surface area (Å²) in [6.45, 7) is 0. The Kier molecular flexibility index (Phi) is 4.96. The Morgan fingerprint density at radius 3 is 2.71 bits per heavy atom. The smallest absolute Gasteiger partial charge is 0.338 e. The van der Waals surface area contributed by atoms with Gasteiger partial charge in [0.25, 0.3) is 11.6 Å². The van der Waals surface area contributed by atoms with Crippen molar-refractivity contribution in [3.63, 3.8) is 0 Å². The Labute approximate surface area is 180 Å². The molecule has 0 aliphatic carbocycles. The van der Waals surface area contributed by atoms with Gasteiger partial charge in [-0.25, -0.2) is 4.79 Å². The summed E-state index contributed by atoms with van der Waals surface area (Å²) in [5.41, 5.74) is 6.73. The molecule has 2 heterocycles. The Bertz CT molecular complexity index is 1260. The number of nitrogens with zero attached hydrogens (tertiary/aromatic N) is 3. The van der Waals surface area contributed by atoms with E-state index in [9.17, 15) is 25.0 Å². The number of amides is 1. The molecular weight excluding hydrogens is 420 g/mol. The highest BCUT2D eigenvalue weighted by atomic mass is 32.2. The summed E-state index contributed by atoms with van der Waals surface area (Å²) >= 11 is 1.17. The summed E-state index contributed by atoms with van der Waals surface area (Å²) in [5.74, 6) is -2.52. The molecule has 9 nitrogen and oxygen atoms in total. The first-order valence-electron chi connectivity index (χ1n) is 8.97. The number of nitro groups is 1. The topological polar surface area (TPSA) is 140 Å². The molecule has 0 spiro atoms. The van der Waals surface area contributed by atoms with Gasteiger partial charge in [0.2, 0.25) is 0 Å². The zero-order chi connectivity index (χ0) is 22.3. The first-order chi connectivity index (χ1) is 14.9. The van der Waals surface area contributed by atoms with Gasteiger partial charge in [-0.2, -0.15) is 5.26 Å². The number of thioether (sulfide) groups is 1. The monoisotopic (exact) mass is 434 g/mol. The summed E-state index contributed by atoms with van der Waals surface area (Å²) in [4.78, 5) is 38.3. The number of methoxy groups -OCH3 is 1. The first kappa shape index (κ1) is 20.2. The van der Waals surface area contributed by atoms with Crippen LogP contribution in [0.25, 0.3) is 0 Å². The molecule has 1 atom stereocenters. The lowest BCUT2D eigenvalue weighted by Crippen LogP contribution is -2.42.